The van der Waals surface area contributed by atoms with Crippen molar-refractivity contribution >= 4 is 28.0 Å². The molecule has 2 heterocycles. The molecule has 0 saturated carbocycles. The second-order valence-corrected chi connectivity index (χ2v) is 8.86. The largest absolute Gasteiger partial charge is 0.345 e. The molecule has 0 bridgehead atoms. The van der Waals surface area contributed by atoms with Crippen LogP contribution in [0.5, 0.6) is 0 Å². The lowest BCUT2D eigenvalue weighted by atomic mass is 9.90. The Bertz CT molecular complexity index is 1520. The summed E-state index contributed by atoms with van der Waals surface area (Å²) in [7, 11) is 0. The summed E-state index contributed by atoms with van der Waals surface area (Å²) in [6.07, 6.45) is 0.469. The molecule has 0 aliphatic carbocycles. The van der Waals surface area contributed by atoms with E-state index in [-0.39, 0.29) is 5.91 Å². The van der Waals surface area contributed by atoms with Gasteiger partial charge in [0.1, 0.15) is 11.6 Å². The van der Waals surface area contributed by atoms with Gasteiger partial charge in [-0.1, -0.05) is 84.9 Å². The molecule has 0 aliphatic rings. The fourth-order valence-electron chi connectivity index (χ4n) is 4.69. The van der Waals surface area contributed by atoms with Crippen molar-refractivity contribution in [2.75, 3.05) is 0 Å². The number of aromatic nitrogens is 4. The Morgan fingerprint density at radius 1 is 0.667 bits per heavy atom. The van der Waals surface area contributed by atoms with Crippen LogP contribution in [0, 0.1) is 0 Å². The van der Waals surface area contributed by atoms with Gasteiger partial charge >= 0.3 is 0 Å². The van der Waals surface area contributed by atoms with Gasteiger partial charge in [0.15, 0.2) is 0 Å². The summed E-state index contributed by atoms with van der Waals surface area (Å²) in [6.45, 7) is 0. The number of amides is 1. The van der Waals surface area contributed by atoms with Crippen molar-refractivity contribution < 1.29 is 4.79 Å². The molecule has 4 aromatic carbocycles. The fourth-order valence-corrected chi connectivity index (χ4v) is 4.69. The maximum atomic E-state index is 13.9. The number of fused-ring (bicyclic) bond motifs is 2. The van der Waals surface area contributed by atoms with Gasteiger partial charge in [0.25, 0.3) is 0 Å². The van der Waals surface area contributed by atoms with Crippen molar-refractivity contribution in [2.45, 2.75) is 18.4 Å². The fraction of sp³-hybridized carbons (Fsp3) is 0.100. The molecule has 3 N–H and O–H groups in total. The van der Waals surface area contributed by atoms with E-state index in [9.17, 15) is 4.79 Å². The number of carbonyl (C=O) groups is 1. The Morgan fingerprint density at radius 2 is 1.19 bits per heavy atom. The maximum absolute atomic E-state index is 13.9. The van der Waals surface area contributed by atoms with Gasteiger partial charge in [0.05, 0.1) is 34.0 Å². The molecular weight excluding hydrogens is 446 g/mol. The number of carbonyl (C=O) groups excluding carboxylic acids is 1. The Hall–Kier alpha value is -4.71. The summed E-state index contributed by atoms with van der Waals surface area (Å²) in [4.78, 5) is 30.3. The highest BCUT2D eigenvalue weighted by molar-refractivity contribution is 5.87. The average molecular weight is 472 g/mol. The molecule has 1 atom stereocenters. The van der Waals surface area contributed by atoms with Crippen molar-refractivity contribution in [1.82, 2.24) is 25.3 Å². The molecule has 6 aromatic rings. The molecule has 0 saturated heterocycles. The van der Waals surface area contributed by atoms with E-state index in [0.29, 0.717) is 12.2 Å². The Labute approximate surface area is 208 Å². The molecule has 0 radical (unpaired) electrons. The van der Waals surface area contributed by atoms with Crippen molar-refractivity contribution in [3.8, 4) is 0 Å². The van der Waals surface area contributed by atoms with Gasteiger partial charge in [0, 0.05) is 6.42 Å². The van der Waals surface area contributed by atoms with Crippen LogP contribution in [0.25, 0.3) is 22.1 Å². The van der Waals surface area contributed by atoms with Crippen LogP contribution < -0.4 is 5.32 Å². The normalized spacial score (nSPS) is 12.2. The zero-order valence-corrected chi connectivity index (χ0v) is 19.6. The van der Waals surface area contributed by atoms with Crippen LogP contribution in [0.2, 0.25) is 0 Å². The van der Waals surface area contributed by atoms with Crippen LogP contribution in [0.3, 0.4) is 0 Å². The number of nitrogens with one attached hydrogen (secondary N) is 3. The number of nitrogens with zero attached hydrogens (tertiary/aromatic N) is 2. The van der Waals surface area contributed by atoms with Crippen molar-refractivity contribution in [3.05, 3.63) is 132 Å². The van der Waals surface area contributed by atoms with Crippen LogP contribution in [0.15, 0.2) is 109 Å². The average Bonchev–Trinajstić information content (AvgIpc) is 3.53. The first-order chi connectivity index (χ1) is 17.7. The Kier molecular flexibility index (Phi) is 5.75. The van der Waals surface area contributed by atoms with Gasteiger partial charge in [-0.15, -0.1) is 0 Å². The highest BCUT2D eigenvalue weighted by atomic mass is 16.2. The van der Waals surface area contributed by atoms with Gasteiger partial charge in [-0.05, 0) is 35.4 Å². The first kappa shape index (κ1) is 21.8. The van der Waals surface area contributed by atoms with Crippen molar-refractivity contribution in [3.63, 3.8) is 0 Å². The van der Waals surface area contributed by atoms with E-state index in [1.54, 1.807) is 0 Å². The predicted molar refractivity (Wildman–Crippen MR) is 142 cm³/mol. The number of para-hydroxylation sites is 4. The molecule has 0 aliphatic heterocycles. The lowest BCUT2D eigenvalue weighted by molar-refractivity contribution is -0.122. The molecule has 1 unspecified atom stereocenters. The lowest BCUT2D eigenvalue weighted by Crippen LogP contribution is -2.35. The SMILES string of the molecule is O=C(NC(Cc1nc2ccccc2[nH]1)c1nc2ccccc2[nH]1)C(c1ccccc1)c1ccccc1. The van der Waals surface area contributed by atoms with E-state index in [1.165, 1.54) is 0 Å². The van der Waals surface area contributed by atoms with Crippen LogP contribution in [-0.4, -0.2) is 25.8 Å². The third-order valence-corrected chi connectivity index (χ3v) is 6.42. The maximum Gasteiger partial charge on any atom is 0.232 e. The van der Waals surface area contributed by atoms with Gasteiger partial charge in [0.2, 0.25) is 5.91 Å². The van der Waals surface area contributed by atoms with E-state index >= 15 is 0 Å². The standard InChI is InChI=1S/C30H25N5O/c36-30(28(20-11-3-1-4-12-20)21-13-5-2-6-14-21)35-26(29-33-24-17-9-10-18-25(24)34-29)19-27-31-22-15-7-8-16-23(22)32-27/h1-18,26,28H,19H2,(H,31,32)(H,33,34)(H,35,36). The summed E-state index contributed by atoms with van der Waals surface area (Å²) >= 11 is 0. The minimum atomic E-state index is -0.449. The summed E-state index contributed by atoms with van der Waals surface area (Å²) in [5.74, 6) is 0.951. The molecule has 6 nitrogen and oxygen atoms in total. The summed E-state index contributed by atoms with van der Waals surface area (Å²) in [6, 6.07) is 35.1. The number of imidazole rings is 2. The van der Waals surface area contributed by atoms with Crippen LogP contribution in [-0.2, 0) is 11.2 Å². The van der Waals surface area contributed by atoms with Crippen molar-refractivity contribution in [2.24, 2.45) is 0 Å². The summed E-state index contributed by atoms with van der Waals surface area (Å²) < 4.78 is 0. The quantitative estimate of drug-likeness (QED) is 0.280. The molecule has 0 fully saturated rings. The highest BCUT2D eigenvalue weighted by Crippen LogP contribution is 2.27. The highest BCUT2D eigenvalue weighted by Gasteiger charge is 2.27. The molecule has 0 spiro atoms. The lowest BCUT2D eigenvalue weighted by Gasteiger charge is -2.22. The van der Waals surface area contributed by atoms with E-state index < -0.39 is 12.0 Å². The number of H-pyrrole nitrogens is 2. The molecular formula is C30H25N5O. The van der Waals surface area contributed by atoms with E-state index in [4.69, 9.17) is 9.97 Å². The molecule has 6 heteroatoms. The minimum absolute atomic E-state index is 0.0889. The predicted octanol–water partition coefficient (Wildman–Crippen LogP) is 5.67. The van der Waals surface area contributed by atoms with Crippen LogP contribution in [0.4, 0.5) is 0 Å². The van der Waals surface area contributed by atoms with Crippen LogP contribution in [0.1, 0.15) is 34.7 Å². The zero-order valence-electron chi connectivity index (χ0n) is 19.6. The zero-order chi connectivity index (χ0) is 24.3. The van der Waals surface area contributed by atoms with E-state index in [2.05, 4.69) is 15.3 Å². The number of hydrogen-bond donors (Lipinski definition) is 3. The Balaban J connectivity index is 1.38. The number of hydrogen-bond acceptors (Lipinski definition) is 3. The van der Waals surface area contributed by atoms with Crippen molar-refractivity contribution in [1.29, 1.82) is 0 Å². The number of rotatable bonds is 7. The topological polar surface area (TPSA) is 86.5 Å². The van der Waals surface area contributed by atoms with Gasteiger partial charge in [-0.3, -0.25) is 4.79 Å². The summed E-state index contributed by atoms with van der Waals surface area (Å²) in [5.41, 5.74) is 5.53. The number of aromatic amines is 2. The van der Waals surface area contributed by atoms with E-state index in [1.807, 2.05) is 109 Å². The first-order valence-electron chi connectivity index (χ1n) is 12.0. The number of benzene rings is 4. The first-order valence-corrected chi connectivity index (χ1v) is 12.0. The second kappa shape index (κ2) is 9.50. The minimum Gasteiger partial charge on any atom is -0.345 e. The van der Waals surface area contributed by atoms with Gasteiger partial charge in [-0.2, -0.15) is 0 Å². The molecule has 1 amide bonds. The molecule has 176 valence electrons. The second-order valence-electron chi connectivity index (χ2n) is 8.86. The van der Waals surface area contributed by atoms with Crippen LogP contribution >= 0.6 is 0 Å². The third kappa shape index (κ3) is 4.36. The Morgan fingerprint density at radius 3 is 1.78 bits per heavy atom. The monoisotopic (exact) mass is 471 g/mol. The van der Waals surface area contributed by atoms with Gasteiger partial charge < -0.3 is 15.3 Å². The molecule has 6 rings (SSSR count). The van der Waals surface area contributed by atoms with Gasteiger partial charge in [-0.25, -0.2) is 9.97 Å². The smallest absolute Gasteiger partial charge is 0.232 e. The molecule has 36 heavy (non-hydrogen) atoms. The summed E-state index contributed by atoms with van der Waals surface area (Å²) in [5, 5.41) is 3.29. The van der Waals surface area contributed by atoms with E-state index in [0.717, 1.165) is 39.0 Å². The third-order valence-electron chi connectivity index (χ3n) is 6.42. The molecule has 2 aromatic heterocycles.